The Balaban J connectivity index is 4.50. The fourth-order valence-electron chi connectivity index (χ4n) is 5.72. The SMILES string of the molecule is CCCCCCCCCCCCCCCCCC(=O)OCC(COP(=O)(O)OCCN)OC(=O)CCCC(O)C(O)\C=C/C=C\C=C\C=C/C(O)CCCCC. The predicted molar refractivity (Wildman–Crippen MR) is 224 cm³/mol. The van der Waals surface area contributed by atoms with Gasteiger partial charge < -0.3 is 35.4 Å². The van der Waals surface area contributed by atoms with Crippen molar-refractivity contribution in [2.75, 3.05) is 26.4 Å². The van der Waals surface area contributed by atoms with Crippen LogP contribution < -0.4 is 5.73 Å². The second-order valence-corrected chi connectivity index (χ2v) is 15.9. The molecular weight excluding hydrogens is 737 g/mol. The highest BCUT2D eigenvalue weighted by Crippen LogP contribution is 2.43. The van der Waals surface area contributed by atoms with Gasteiger partial charge in [-0.2, -0.15) is 0 Å². The third kappa shape index (κ3) is 36.2. The molecule has 0 rings (SSSR count). The van der Waals surface area contributed by atoms with Gasteiger partial charge in [0.25, 0.3) is 0 Å². The van der Waals surface area contributed by atoms with Crippen LogP contribution in [0.15, 0.2) is 48.6 Å². The number of rotatable bonds is 39. The standard InChI is InChI=1S/C43H78NO11P/c1-3-5-7-8-9-10-11-12-13-14-15-16-17-22-26-32-42(48)52-36-39(37-54-56(50,51)53-35-34-44)55-43(49)33-27-31-41(47)40(46)30-25-21-19-18-20-24-29-38(45)28-23-6-4-2/h18-21,24-25,29-30,38-41,45-47H,3-17,22-23,26-28,31-37,44H2,1-2H3,(H,50,51)/b20-18+,21-19-,29-24-,30-25-. The summed E-state index contributed by atoms with van der Waals surface area (Å²) in [5.41, 5.74) is 5.32. The van der Waals surface area contributed by atoms with Crippen LogP contribution in [0.25, 0.3) is 0 Å². The summed E-state index contributed by atoms with van der Waals surface area (Å²) in [5, 5.41) is 30.5. The zero-order chi connectivity index (χ0) is 41.5. The maximum atomic E-state index is 12.6. The van der Waals surface area contributed by atoms with Gasteiger partial charge in [-0.3, -0.25) is 18.6 Å². The second-order valence-electron chi connectivity index (χ2n) is 14.4. The van der Waals surface area contributed by atoms with Crippen LogP contribution in [-0.4, -0.2) is 82.9 Å². The lowest BCUT2D eigenvalue weighted by Crippen LogP contribution is -2.30. The lowest BCUT2D eigenvalue weighted by atomic mass is 10.0. The molecule has 0 aliphatic heterocycles. The fourth-order valence-corrected chi connectivity index (χ4v) is 6.49. The number of hydrogen-bond donors (Lipinski definition) is 5. The summed E-state index contributed by atoms with van der Waals surface area (Å²) in [6, 6.07) is 0. The van der Waals surface area contributed by atoms with Crippen LogP contribution in [0.2, 0.25) is 0 Å². The van der Waals surface area contributed by atoms with Crippen molar-refractivity contribution < 1.29 is 52.9 Å². The molecule has 0 amide bonds. The van der Waals surface area contributed by atoms with Crippen LogP contribution in [0, 0.1) is 0 Å². The highest BCUT2D eigenvalue weighted by molar-refractivity contribution is 7.47. The van der Waals surface area contributed by atoms with Crippen molar-refractivity contribution in [1.82, 2.24) is 0 Å². The van der Waals surface area contributed by atoms with Crippen LogP contribution in [0.4, 0.5) is 0 Å². The van der Waals surface area contributed by atoms with Gasteiger partial charge in [-0.15, -0.1) is 0 Å². The van der Waals surface area contributed by atoms with E-state index in [1.807, 2.05) is 0 Å². The first kappa shape index (κ1) is 53.9. The number of ether oxygens (including phenoxy) is 2. The zero-order valence-corrected chi connectivity index (χ0v) is 35.6. The number of phosphoric ester groups is 1. The Kier molecular flexibility index (Phi) is 36.9. The number of phosphoric acid groups is 1. The van der Waals surface area contributed by atoms with E-state index in [9.17, 15) is 34.4 Å². The Morgan fingerprint density at radius 3 is 1.68 bits per heavy atom. The van der Waals surface area contributed by atoms with Gasteiger partial charge in [0, 0.05) is 19.4 Å². The number of hydrogen-bond acceptors (Lipinski definition) is 11. The molecule has 0 saturated heterocycles. The van der Waals surface area contributed by atoms with E-state index < -0.39 is 50.8 Å². The number of aliphatic hydroxyl groups excluding tert-OH is 3. The molecule has 0 spiro atoms. The summed E-state index contributed by atoms with van der Waals surface area (Å²) >= 11 is 0. The number of carbonyl (C=O) groups is 2. The topological polar surface area (TPSA) is 195 Å². The van der Waals surface area contributed by atoms with E-state index >= 15 is 0 Å². The van der Waals surface area contributed by atoms with E-state index in [-0.39, 0.29) is 45.4 Å². The van der Waals surface area contributed by atoms with Crippen molar-refractivity contribution in [3.63, 3.8) is 0 Å². The lowest BCUT2D eigenvalue weighted by Gasteiger charge is -2.20. The summed E-state index contributed by atoms with van der Waals surface area (Å²) in [4.78, 5) is 34.9. The van der Waals surface area contributed by atoms with E-state index in [2.05, 4.69) is 13.8 Å². The van der Waals surface area contributed by atoms with Crippen molar-refractivity contribution in [3.8, 4) is 0 Å². The Hall–Kier alpha value is -2.15. The van der Waals surface area contributed by atoms with Crippen molar-refractivity contribution in [3.05, 3.63) is 48.6 Å². The minimum Gasteiger partial charge on any atom is -0.462 e. The molecule has 0 saturated carbocycles. The lowest BCUT2D eigenvalue weighted by molar-refractivity contribution is -0.161. The van der Waals surface area contributed by atoms with Gasteiger partial charge in [0.1, 0.15) is 6.61 Å². The quantitative estimate of drug-likeness (QED) is 0.0171. The zero-order valence-electron chi connectivity index (χ0n) is 34.7. The van der Waals surface area contributed by atoms with Gasteiger partial charge in [0.2, 0.25) is 0 Å². The molecule has 56 heavy (non-hydrogen) atoms. The van der Waals surface area contributed by atoms with Gasteiger partial charge in [-0.1, -0.05) is 172 Å². The Labute approximate surface area is 338 Å². The highest BCUT2D eigenvalue weighted by Gasteiger charge is 2.26. The Bertz CT molecular complexity index is 1110. The molecule has 12 nitrogen and oxygen atoms in total. The normalized spacial score (nSPS) is 15.5. The smallest absolute Gasteiger partial charge is 0.462 e. The molecule has 13 heteroatoms. The molecule has 5 unspecified atom stereocenters. The Morgan fingerprint density at radius 1 is 0.607 bits per heavy atom. The van der Waals surface area contributed by atoms with Crippen LogP contribution in [0.1, 0.15) is 162 Å². The van der Waals surface area contributed by atoms with E-state index in [1.165, 1.54) is 76.7 Å². The maximum Gasteiger partial charge on any atom is 0.472 e. The van der Waals surface area contributed by atoms with Gasteiger partial charge in [-0.05, 0) is 25.7 Å². The predicted octanol–water partition coefficient (Wildman–Crippen LogP) is 8.85. The van der Waals surface area contributed by atoms with Crippen molar-refractivity contribution >= 4 is 19.8 Å². The number of carbonyl (C=O) groups excluding carboxylic acids is 2. The molecule has 326 valence electrons. The summed E-state index contributed by atoms with van der Waals surface area (Å²) in [5.74, 6) is -1.16. The van der Waals surface area contributed by atoms with Gasteiger partial charge in [0.05, 0.1) is 31.5 Å². The molecule has 0 aromatic carbocycles. The molecule has 0 bridgehead atoms. The van der Waals surface area contributed by atoms with E-state index in [0.29, 0.717) is 6.42 Å². The minimum atomic E-state index is -4.47. The second kappa shape index (κ2) is 38.4. The number of allylic oxidation sites excluding steroid dienone is 6. The average molecular weight is 816 g/mol. The largest absolute Gasteiger partial charge is 0.472 e. The van der Waals surface area contributed by atoms with Crippen LogP contribution >= 0.6 is 7.82 Å². The first-order valence-corrected chi connectivity index (χ1v) is 22.9. The average Bonchev–Trinajstić information content (AvgIpc) is 3.17. The molecule has 5 atom stereocenters. The molecule has 0 aliphatic carbocycles. The third-order valence-corrected chi connectivity index (χ3v) is 10.1. The molecule has 0 aromatic rings. The molecule has 0 aliphatic rings. The summed E-state index contributed by atoms with van der Waals surface area (Å²) < 4.78 is 32.5. The summed E-state index contributed by atoms with van der Waals surface area (Å²) in [7, 11) is -4.47. The van der Waals surface area contributed by atoms with Gasteiger partial charge >= 0.3 is 19.8 Å². The maximum absolute atomic E-state index is 12.6. The molecule has 0 heterocycles. The monoisotopic (exact) mass is 816 g/mol. The van der Waals surface area contributed by atoms with Gasteiger partial charge in [-0.25, -0.2) is 4.57 Å². The number of esters is 2. The fraction of sp³-hybridized carbons (Fsp3) is 0.767. The van der Waals surface area contributed by atoms with E-state index in [1.54, 1.807) is 42.5 Å². The molecule has 0 fully saturated rings. The molecule has 0 radical (unpaired) electrons. The minimum absolute atomic E-state index is 0.00273. The van der Waals surface area contributed by atoms with Crippen LogP contribution in [-0.2, 0) is 32.7 Å². The van der Waals surface area contributed by atoms with Crippen molar-refractivity contribution in [1.29, 1.82) is 0 Å². The number of unbranched alkanes of at least 4 members (excludes halogenated alkanes) is 16. The number of aliphatic hydroxyl groups is 3. The molecule has 0 aromatic heterocycles. The van der Waals surface area contributed by atoms with Crippen molar-refractivity contribution in [2.24, 2.45) is 5.73 Å². The summed E-state index contributed by atoms with van der Waals surface area (Å²) in [6.45, 7) is 3.22. The van der Waals surface area contributed by atoms with Crippen LogP contribution in [0.3, 0.4) is 0 Å². The highest BCUT2D eigenvalue weighted by atomic mass is 31.2. The van der Waals surface area contributed by atoms with Crippen molar-refractivity contribution in [2.45, 2.75) is 186 Å². The molecule has 6 N–H and O–H groups in total. The first-order chi connectivity index (χ1) is 27.0. The van der Waals surface area contributed by atoms with E-state index in [0.717, 1.165) is 44.9 Å². The molecular formula is C43H78NO11P. The first-order valence-electron chi connectivity index (χ1n) is 21.4. The van der Waals surface area contributed by atoms with E-state index in [4.69, 9.17) is 24.3 Å². The Morgan fingerprint density at radius 2 is 1.11 bits per heavy atom. The van der Waals surface area contributed by atoms with Gasteiger partial charge in [0.15, 0.2) is 6.10 Å². The third-order valence-electron chi connectivity index (χ3n) is 9.08. The number of nitrogens with two attached hydrogens (primary N) is 1. The summed E-state index contributed by atoms with van der Waals surface area (Å²) in [6.07, 6.45) is 32.2. The van der Waals surface area contributed by atoms with Crippen LogP contribution in [0.5, 0.6) is 0 Å².